The first-order valence-corrected chi connectivity index (χ1v) is 9.21. The van der Waals surface area contributed by atoms with Gasteiger partial charge in [0.15, 0.2) is 6.23 Å². The standard InChI is InChI=1S/C20H23N3O/c1-10-14-9-21-20(24-2)18-12(14)7-17-19-13(8-16(18)23(10)17)11-5-3-4-6-15(11)22-19/h3-6,9-10,12,14,16-18,20,22H,7-8H2,1-2H3/t10?,12?,14?,16?,17-,18?,20?/m0/s1. The molecule has 4 heteroatoms. The highest BCUT2D eigenvalue weighted by Crippen LogP contribution is 2.58. The average molecular weight is 321 g/mol. The normalized spacial score (nSPS) is 44.8. The van der Waals surface area contributed by atoms with Crippen LogP contribution in [0.2, 0.25) is 0 Å². The van der Waals surface area contributed by atoms with Crippen molar-refractivity contribution in [1.82, 2.24) is 9.88 Å². The van der Waals surface area contributed by atoms with Gasteiger partial charge in [0.05, 0.1) is 6.04 Å². The highest BCUT2D eigenvalue weighted by atomic mass is 16.5. The number of piperidine rings is 3. The Kier molecular flexibility index (Phi) is 2.55. The van der Waals surface area contributed by atoms with E-state index in [0.717, 1.165) is 6.42 Å². The minimum atomic E-state index is 0.0407. The second kappa shape index (κ2) is 4.50. The van der Waals surface area contributed by atoms with Crippen LogP contribution in [0.5, 0.6) is 0 Å². The second-order valence-electron chi connectivity index (χ2n) is 8.02. The van der Waals surface area contributed by atoms with E-state index in [1.165, 1.54) is 23.0 Å². The molecule has 2 aromatic rings. The number of methoxy groups -OCH3 is 1. The van der Waals surface area contributed by atoms with Gasteiger partial charge in [-0.15, -0.1) is 0 Å². The number of para-hydroxylation sites is 1. The predicted molar refractivity (Wildman–Crippen MR) is 94.2 cm³/mol. The summed E-state index contributed by atoms with van der Waals surface area (Å²) in [4.78, 5) is 11.3. The van der Waals surface area contributed by atoms with Crippen molar-refractivity contribution in [2.45, 2.75) is 44.1 Å². The van der Waals surface area contributed by atoms with Crippen LogP contribution in [0.25, 0.3) is 10.9 Å². The van der Waals surface area contributed by atoms with Crippen LogP contribution in [0.15, 0.2) is 29.3 Å². The zero-order valence-electron chi connectivity index (χ0n) is 14.1. The van der Waals surface area contributed by atoms with E-state index in [0.29, 0.717) is 35.9 Å². The molecular weight excluding hydrogens is 298 g/mol. The zero-order valence-corrected chi connectivity index (χ0v) is 14.1. The number of nitrogens with one attached hydrogen (secondary N) is 1. The molecule has 1 aromatic heterocycles. The summed E-state index contributed by atoms with van der Waals surface area (Å²) in [6, 6.07) is 10.5. The number of fused-ring (bicyclic) bond motifs is 3. The fourth-order valence-corrected chi connectivity index (χ4v) is 6.39. The molecule has 8 atom stereocenters. The van der Waals surface area contributed by atoms with Crippen molar-refractivity contribution in [3.63, 3.8) is 0 Å². The van der Waals surface area contributed by atoms with Crippen molar-refractivity contribution in [3.05, 3.63) is 35.5 Å². The van der Waals surface area contributed by atoms with Crippen LogP contribution in [-0.2, 0) is 11.2 Å². The molecule has 6 bridgehead atoms. The minimum absolute atomic E-state index is 0.0407. The Morgan fingerprint density at radius 2 is 2.17 bits per heavy atom. The lowest BCUT2D eigenvalue weighted by molar-refractivity contribution is -0.158. The molecule has 0 aliphatic carbocycles. The molecule has 4 nitrogen and oxygen atoms in total. The van der Waals surface area contributed by atoms with Gasteiger partial charge in [-0.2, -0.15) is 0 Å². The number of H-pyrrole nitrogens is 1. The van der Waals surface area contributed by atoms with Crippen molar-refractivity contribution in [2.75, 3.05) is 7.11 Å². The molecule has 3 fully saturated rings. The third kappa shape index (κ3) is 1.46. The smallest absolute Gasteiger partial charge is 0.152 e. The Balaban J connectivity index is 1.56. The van der Waals surface area contributed by atoms with Crippen LogP contribution >= 0.6 is 0 Å². The molecule has 7 unspecified atom stereocenters. The average Bonchev–Trinajstić information content (AvgIpc) is 2.98. The molecule has 3 saturated heterocycles. The van der Waals surface area contributed by atoms with E-state index in [2.05, 4.69) is 47.3 Å². The Hall–Kier alpha value is -1.65. The number of hydrogen-bond acceptors (Lipinski definition) is 3. The Morgan fingerprint density at radius 3 is 3.04 bits per heavy atom. The third-order valence-electron chi connectivity index (χ3n) is 7.27. The van der Waals surface area contributed by atoms with Crippen LogP contribution < -0.4 is 0 Å². The molecule has 7 rings (SSSR count). The van der Waals surface area contributed by atoms with Gasteiger partial charge in [0.2, 0.25) is 0 Å². The fourth-order valence-electron chi connectivity index (χ4n) is 6.39. The van der Waals surface area contributed by atoms with E-state index in [4.69, 9.17) is 9.73 Å². The van der Waals surface area contributed by atoms with Gasteiger partial charge >= 0.3 is 0 Å². The first-order chi connectivity index (χ1) is 11.8. The van der Waals surface area contributed by atoms with Gasteiger partial charge < -0.3 is 9.72 Å². The molecular formula is C20H23N3O. The summed E-state index contributed by atoms with van der Waals surface area (Å²) in [5.74, 6) is 1.85. The molecule has 1 aromatic carbocycles. The van der Waals surface area contributed by atoms with Gasteiger partial charge in [0, 0.05) is 53.8 Å². The minimum Gasteiger partial charge on any atom is -0.359 e. The summed E-state index contributed by atoms with van der Waals surface area (Å²) in [6.07, 6.45) is 4.61. The number of aliphatic imine (C=N–C) groups is 1. The molecule has 0 spiro atoms. The fraction of sp³-hybridized carbons (Fsp3) is 0.550. The van der Waals surface area contributed by atoms with Crippen molar-refractivity contribution in [1.29, 1.82) is 0 Å². The molecule has 24 heavy (non-hydrogen) atoms. The highest BCUT2D eigenvalue weighted by molar-refractivity contribution is 5.85. The van der Waals surface area contributed by atoms with Crippen LogP contribution in [0.3, 0.4) is 0 Å². The maximum absolute atomic E-state index is 5.78. The SMILES string of the molecule is COC1N=CC2C3C[C@H]4c5[nH]c6ccccc6c5CC(C13)N4C2C. The Morgan fingerprint density at radius 1 is 1.29 bits per heavy atom. The third-order valence-corrected chi connectivity index (χ3v) is 7.27. The first kappa shape index (κ1) is 13.6. The maximum atomic E-state index is 5.78. The number of ether oxygens (including phenoxy) is 1. The van der Waals surface area contributed by atoms with E-state index in [1.807, 2.05) is 7.11 Å². The molecule has 1 N–H and O–H groups in total. The number of hydrogen-bond donors (Lipinski definition) is 1. The molecule has 124 valence electrons. The van der Waals surface area contributed by atoms with E-state index in [9.17, 15) is 0 Å². The lowest BCUT2D eigenvalue weighted by Gasteiger charge is -2.64. The van der Waals surface area contributed by atoms with Gasteiger partial charge in [-0.05, 0) is 37.3 Å². The monoisotopic (exact) mass is 321 g/mol. The summed E-state index contributed by atoms with van der Waals surface area (Å²) in [5.41, 5.74) is 4.32. The van der Waals surface area contributed by atoms with Crippen LogP contribution in [0.4, 0.5) is 0 Å². The quantitative estimate of drug-likeness (QED) is 0.876. The maximum Gasteiger partial charge on any atom is 0.152 e. The topological polar surface area (TPSA) is 40.6 Å². The lowest BCUT2D eigenvalue weighted by Crippen LogP contribution is -2.69. The summed E-state index contributed by atoms with van der Waals surface area (Å²) in [7, 11) is 1.82. The highest BCUT2D eigenvalue weighted by Gasteiger charge is 2.60. The molecule has 0 saturated carbocycles. The first-order valence-electron chi connectivity index (χ1n) is 9.21. The van der Waals surface area contributed by atoms with Crippen LogP contribution in [0, 0.1) is 17.8 Å². The lowest BCUT2D eigenvalue weighted by atomic mass is 9.58. The Labute approximate surface area is 141 Å². The molecule has 0 radical (unpaired) electrons. The molecule has 6 heterocycles. The largest absolute Gasteiger partial charge is 0.359 e. The summed E-state index contributed by atoms with van der Waals surface area (Å²) < 4.78 is 5.78. The van der Waals surface area contributed by atoms with E-state index < -0.39 is 0 Å². The van der Waals surface area contributed by atoms with Crippen molar-refractivity contribution < 1.29 is 4.74 Å². The van der Waals surface area contributed by atoms with Crippen molar-refractivity contribution >= 4 is 17.1 Å². The molecule has 5 aliphatic rings. The summed E-state index contributed by atoms with van der Waals surface area (Å²) in [5, 5.41) is 1.42. The number of nitrogens with zero attached hydrogens (tertiary/aromatic N) is 2. The molecule has 5 aliphatic heterocycles. The number of benzene rings is 1. The zero-order chi connectivity index (χ0) is 16.0. The summed E-state index contributed by atoms with van der Waals surface area (Å²) in [6.45, 7) is 2.40. The van der Waals surface area contributed by atoms with Gasteiger partial charge in [0.1, 0.15) is 0 Å². The van der Waals surface area contributed by atoms with Gasteiger partial charge in [-0.3, -0.25) is 9.89 Å². The number of aromatic nitrogens is 1. The predicted octanol–water partition coefficient (Wildman–Crippen LogP) is 3.15. The van der Waals surface area contributed by atoms with Crippen molar-refractivity contribution in [3.8, 4) is 0 Å². The van der Waals surface area contributed by atoms with E-state index in [1.54, 1.807) is 5.56 Å². The van der Waals surface area contributed by atoms with Crippen molar-refractivity contribution in [2.24, 2.45) is 22.7 Å². The molecule has 0 amide bonds. The Bertz CT molecular complexity index is 856. The summed E-state index contributed by atoms with van der Waals surface area (Å²) >= 11 is 0. The van der Waals surface area contributed by atoms with Crippen LogP contribution in [-0.4, -0.2) is 41.5 Å². The van der Waals surface area contributed by atoms with Gasteiger partial charge in [-0.25, -0.2) is 0 Å². The van der Waals surface area contributed by atoms with E-state index in [-0.39, 0.29) is 6.23 Å². The number of aromatic amines is 1. The van der Waals surface area contributed by atoms with Crippen LogP contribution in [0.1, 0.15) is 30.6 Å². The van der Waals surface area contributed by atoms with E-state index >= 15 is 0 Å². The second-order valence-corrected chi connectivity index (χ2v) is 8.02. The van der Waals surface area contributed by atoms with Gasteiger partial charge in [-0.1, -0.05) is 18.2 Å². The van der Waals surface area contributed by atoms with Gasteiger partial charge in [0.25, 0.3) is 0 Å². The number of rotatable bonds is 1.